The highest BCUT2D eigenvalue weighted by Crippen LogP contribution is 2.06. The molecule has 0 rings (SSSR count). The third kappa shape index (κ3) is 5.52. The SMILES string of the molecule is COC(=O)C(CCSC)OC(C)=O. The van der Waals surface area contributed by atoms with Gasteiger partial charge in [-0.1, -0.05) is 0 Å². The number of rotatable bonds is 5. The van der Waals surface area contributed by atoms with E-state index in [4.69, 9.17) is 4.74 Å². The second-order valence-corrected chi connectivity index (χ2v) is 3.39. The van der Waals surface area contributed by atoms with Crippen LogP contribution in [0.25, 0.3) is 0 Å². The second-order valence-electron chi connectivity index (χ2n) is 2.40. The van der Waals surface area contributed by atoms with Crippen molar-refractivity contribution in [2.45, 2.75) is 19.4 Å². The zero-order chi connectivity index (χ0) is 10.3. The number of carbonyl (C=O) groups is 2. The molecule has 4 nitrogen and oxygen atoms in total. The molecule has 0 bridgehead atoms. The molecule has 0 aliphatic rings. The molecule has 0 fully saturated rings. The summed E-state index contributed by atoms with van der Waals surface area (Å²) >= 11 is 1.59. The van der Waals surface area contributed by atoms with Gasteiger partial charge in [0.25, 0.3) is 0 Å². The van der Waals surface area contributed by atoms with E-state index in [-0.39, 0.29) is 0 Å². The molecule has 0 aromatic rings. The van der Waals surface area contributed by atoms with E-state index in [9.17, 15) is 9.59 Å². The summed E-state index contributed by atoms with van der Waals surface area (Å²) in [6.07, 6.45) is 1.66. The minimum atomic E-state index is -0.755. The van der Waals surface area contributed by atoms with Gasteiger partial charge < -0.3 is 9.47 Å². The van der Waals surface area contributed by atoms with Gasteiger partial charge in [-0.3, -0.25) is 4.79 Å². The Hall–Kier alpha value is -0.710. The molecule has 0 aliphatic carbocycles. The Labute approximate surface area is 82.0 Å². The van der Waals surface area contributed by atoms with Crippen LogP contribution in [0.1, 0.15) is 13.3 Å². The Morgan fingerprint density at radius 1 is 1.46 bits per heavy atom. The number of ether oxygens (including phenoxy) is 2. The van der Waals surface area contributed by atoms with Crippen molar-refractivity contribution in [3.05, 3.63) is 0 Å². The average molecular weight is 206 g/mol. The quantitative estimate of drug-likeness (QED) is 0.624. The third-order valence-electron chi connectivity index (χ3n) is 1.36. The molecule has 0 aromatic heterocycles. The van der Waals surface area contributed by atoms with Crippen LogP contribution >= 0.6 is 11.8 Å². The molecule has 0 aliphatic heterocycles. The van der Waals surface area contributed by atoms with Gasteiger partial charge in [-0.25, -0.2) is 4.79 Å². The first-order valence-electron chi connectivity index (χ1n) is 3.85. The van der Waals surface area contributed by atoms with Crippen LogP contribution in [0.2, 0.25) is 0 Å². The van der Waals surface area contributed by atoms with E-state index in [1.807, 2.05) is 6.26 Å². The first-order valence-corrected chi connectivity index (χ1v) is 5.25. The van der Waals surface area contributed by atoms with E-state index in [0.29, 0.717) is 6.42 Å². The van der Waals surface area contributed by atoms with Crippen LogP contribution in [-0.4, -0.2) is 37.2 Å². The molecule has 0 spiro atoms. The van der Waals surface area contributed by atoms with Gasteiger partial charge in [-0.2, -0.15) is 11.8 Å². The first kappa shape index (κ1) is 12.3. The molecule has 13 heavy (non-hydrogen) atoms. The van der Waals surface area contributed by atoms with Crippen molar-refractivity contribution < 1.29 is 19.1 Å². The lowest BCUT2D eigenvalue weighted by atomic mass is 10.3. The summed E-state index contributed by atoms with van der Waals surface area (Å²) < 4.78 is 9.26. The molecule has 0 amide bonds. The summed E-state index contributed by atoms with van der Waals surface area (Å²) in [7, 11) is 1.28. The Morgan fingerprint density at radius 2 is 2.08 bits per heavy atom. The standard InChI is InChI=1S/C8H14O4S/c1-6(9)12-7(4-5-13-3)8(10)11-2/h7H,4-5H2,1-3H3. The summed E-state index contributed by atoms with van der Waals surface area (Å²) in [5.41, 5.74) is 0. The van der Waals surface area contributed by atoms with Gasteiger partial charge in [-0.05, 0) is 12.0 Å². The van der Waals surface area contributed by atoms with E-state index in [2.05, 4.69) is 4.74 Å². The van der Waals surface area contributed by atoms with Gasteiger partial charge in [0.05, 0.1) is 7.11 Å². The molecule has 1 atom stereocenters. The van der Waals surface area contributed by atoms with Gasteiger partial charge in [0.15, 0.2) is 6.10 Å². The fourth-order valence-corrected chi connectivity index (χ4v) is 1.23. The largest absolute Gasteiger partial charge is 0.466 e. The summed E-state index contributed by atoms with van der Waals surface area (Å²) in [5, 5.41) is 0. The van der Waals surface area contributed by atoms with Gasteiger partial charge in [0, 0.05) is 13.3 Å². The molecular weight excluding hydrogens is 192 g/mol. The number of thioether (sulfide) groups is 1. The summed E-state index contributed by atoms with van der Waals surface area (Å²) in [6.45, 7) is 1.27. The molecule has 0 N–H and O–H groups in total. The van der Waals surface area contributed by atoms with E-state index >= 15 is 0 Å². The smallest absolute Gasteiger partial charge is 0.347 e. The van der Waals surface area contributed by atoms with Crippen LogP contribution in [0.3, 0.4) is 0 Å². The molecule has 1 unspecified atom stereocenters. The zero-order valence-corrected chi connectivity index (χ0v) is 8.85. The van der Waals surface area contributed by atoms with Crippen LogP contribution in [0.5, 0.6) is 0 Å². The Kier molecular flexibility index (Phi) is 6.40. The number of esters is 2. The minimum absolute atomic E-state index is 0.462. The lowest BCUT2D eigenvalue weighted by molar-refractivity contribution is -0.164. The van der Waals surface area contributed by atoms with Crippen molar-refractivity contribution >= 4 is 23.7 Å². The van der Waals surface area contributed by atoms with Crippen LogP contribution < -0.4 is 0 Å². The highest BCUT2D eigenvalue weighted by molar-refractivity contribution is 7.98. The summed E-state index contributed by atoms with van der Waals surface area (Å²) in [5.74, 6) is -0.201. The fourth-order valence-electron chi connectivity index (χ4n) is 0.782. The number of carbonyl (C=O) groups excluding carboxylic acids is 2. The highest BCUT2D eigenvalue weighted by Gasteiger charge is 2.21. The molecule has 0 heterocycles. The highest BCUT2D eigenvalue weighted by atomic mass is 32.2. The van der Waals surface area contributed by atoms with Crippen molar-refractivity contribution in [3.63, 3.8) is 0 Å². The predicted molar refractivity (Wildman–Crippen MR) is 50.6 cm³/mol. The van der Waals surface area contributed by atoms with Gasteiger partial charge in [0.2, 0.25) is 0 Å². The van der Waals surface area contributed by atoms with Crippen molar-refractivity contribution in [2.75, 3.05) is 19.1 Å². The Bertz CT molecular complexity index is 181. The molecular formula is C8H14O4S. The summed E-state index contributed by atoms with van der Waals surface area (Å²) in [4.78, 5) is 21.6. The van der Waals surface area contributed by atoms with Crippen LogP contribution in [-0.2, 0) is 19.1 Å². The lowest BCUT2D eigenvalue weighted by Crippen LogP contribution is -2.28. The topological polar surface area (TPSA) is 52.6 Å². The molecule has 0 aromatic carbocycles. The van der Waals surface area contributed by atoms with E-state index < -0.39 is 18.0 Å². The number of hydrogen-bond donors (Lipinski definition) is 0. The van der Waals surface area contributed by atoms with E-state index in [0.717, 1.165) is 5.75 Å². The number of methoxy groups -OCH3 is 1. The van der Waals surface area contributed by atoms with Crippen molar-refractivity contribution in [2.24, 2.45) is 0 Å². The fraction of sp³-hybridized carbons (Fsp3) is 0.750. The zero-order valence-electron chi connectivity index (χ0n) is 8.03. The normalized spacial score (nSPS) is 11.9. The average Bonchev–Trinajstić information content (AvgIpc) is 2.10. The molecule has 0 saturated carbocycles. The second kappa shape index (κ2) is 6.77. The molecule has 76 valence electrons. The molecule has 0 radical (unpaired) electrons. The lowest BCUT2D eigenvalue weighted by Gasteiger charge is -2.13. The molecule has 0 saturated heterocycles. The number of hydrogen-bond acceptors (Lipinski definition) is 5. The van der Waals surface area contributed by atoms with Gasteiger partial charge in [0.1, 0.15) is 0 Å². The first-order chi connectivity index (χ1) is 6.11. The monoisotopic (exact) mass is 206 g/mol. The van der Waals surface area contributed by atoms with E-state index in [1.54, 1.807) is 11.8 Å². The van der Waals surface area contributed by atoms with Crippen molar-refractivity contribution in [3.8, 4) is 0 Å². The Balaban J connectivity index is 4.02. The maximum absolute atomic E-state index is 11.0. The van der Waals surface area contributed by atoms with Gasteiger partial charge >= 0.3 is 11.9 Å². The van der Waals surface area contributed by atoms with Crippen molar-refractivity contribution in [1.29, 1.82) is 0 Å². The third-order valence-corrected chi connectivity index (χ3v) is 2.00. The van der Waals surface area contributed by atoms with Crippen LogP contribution in [0.15, 0.2) is 0 Å². The predicted octanol–water partition coefficient (Wildman–Crippen LogP) is 0.844. The maximum Gasteiger partial charge on any atom is 0.347 e. The van der Waals surface area contributed by atoms with E-state index in [1.165, 1.54) is 14.0 Å². The summed E-state index contributed by atoms with van der Waals surface area (Å²) in [6, 6.07) is 0. The van der Waals surface area contributed by atoms with Crippen LogP contribution in [0.4, 0.5) is 0 Å². The minimum Gasteiger partial charge on any atom is -0.466 e. The van der Waals surface area contributed by atoms with Crippen LogP contribution in [0, 0.1) is 0 Å². The van der Waals surface area contributed by atoms with Crippen molar-refractivity contribution in [1.82, 2.24) is 0 Å². The van der Waals surface area contributed by atoms with Gasteiger partial charge in [-0.15, -0.1) is 0 Å². The maximum atomic E-state index is 11.0. The molecule has 5 heteroatoms. The Morgan fingerprint density at radius 3 is 2.46 bits per heavy atom.